The van der Waals surface area contributed by atoms with Crippen LogP contribution in [-0.2, 0) is 9.47 Å². The average molecular weight is 423 g/mol. The highest BCUT2D eigenvalue weighted by Gasteiger charge is 2.24. The van der Waals surface area contributed by atoms with Gasteiger partial charge in [-0.25, -0.2) is 8.78 Å². The van der Waals surface area contributed by atoms with Gasteiger partial charge in [-0.2, -0.15) is 0 Å². The SMILES string of the molecule is CCC.CCCC1CCC(c2ccc(OCC3=C(F)C(F)=C(OC)CC3)cc2)OC1. The fraction of sp³-hybridized carbons (Fsp3) is 0.600. The first-order valence-electron chi connectivity index (χ1n) is 11.2. The normalized spacial score (nSPS) is 21.8. The molecule has 1 saturated heterocycles. The van der Waals surface area contributed by atoms with Gasteiger partial charge in [-0.15, -0.1) is 0 Å². The van der Waals surface area contributed by atoms with Crippen LogP contribution in [0.5, 0.6) is 5.75 Å². The Labute approximate surface area is 180 Å². The van der Waals surface area contributed by atoms with E-state index in [-0.39, 0.29) is 18.5 Å². The van der Waals surface area contributed by atoms with Gasteiger partial charge in [-0.05, 0) is 49.3 Å². The molecule has 5 heteroatoms. The molecule has 3 nitrogen and oxygen atoms in total. The van der Waals surface area contributed by atoms with Crippen molar-refractivity contribution in [3.05, 3.63) is 52.8 Å². The largest absolute Gasteiger partial charge is 0.498 e. The van der Waals surface area contributed by atoms with Gasteiger partial charge in [0.05, 0.1) is 19.8 Å². The maximum Gasteiger partial charge on any atom is 0.196 e. The van der Waals surface area contributed by atoms with Gasteiger partial charge < -0.3 is 14.2 Å². The smallest absolute Gasteiger partial charge is 0.196 e. The van der Waals surface area contributed by atoms with Crippen molar-refractivity contribution in [2.24, 2.45) is 5.92 Å². The minimum Gasteiger partial charge on any atom is -0.498 e. The van der Waals surface area contributed by atoms with E-state index in [1.807, 2.05) is 24.3 Å². The number of ether oxygens (including phenoxy) is 3. The summed E-state index contributed by atoms with van der Waals surface area (Å²) in [6.45, 7) is 7.32. The van der Waals surface area contributed by atoms with Crippen LogP contribution >= 0.6 is 0 Å². The summed E-state index contributed by atoms with van der Waals surface area (Å²) in [5.74, 6) is -0.379. The molecular formula is C25H36F2O3. The number of methoxy groups -OCH3 is 1. The maximum absolute atomic E-state index is 14.0. The second-order valence-corrected chi connectivity index (χ2v) is 7.98. The lowest BCUT2D eigenvalue weighted by molar-refractivity contribution is -0.0194. The highest BCUT2D eigenvalue weighted by atomic mass is 19.2. The van der Waals surface area contributed by atoms with Crippen molar-refractivity contribution >= 4 is 0 Å². The summed E-state index contributed by atoms with van der Waals surface area (Å²) < 4.78 is 44.4. The molecule has 0 aromatic heterocycles. The summed E-state index contributed by atoms with van der Waals surface area (Å²) in [4.78, 5) is 0. The van der Waals surface area contributed by atoms with Crippen LogP contribution in [0.25, 0.3) is 0 Å². The van der Waals surface area contributed by atoms with E-state index in [1.54, 1.807) is 0 Å². The fourth-order valence-electron chi connectivity index (χ4n) is 3.74. The van der Waals surface area contributed by atoms with Gasteiger partial charge in [0, 0.05) is 12.0 Å². The van der Waals surface area contributed by atoms with Crippen molar-refractivity contribution < 1.29 is 23.0 Å². The third-order valence-electron chi connectivity index (χ3n) is 5.38. The molecule has 3 rings (SSSR count). The number of hydrogen-bond acceptors (Lipinski definition) is 3. The van der Waals surface area contributed by atoms with Gasteiger partial charge in [-0.1, -0.05) is 45.7 Å². The quantitative estimate of drug-likeness (QED) is 0.453. The van der Waals surface area contributed by atoms with E-state index in [0.717, 1.165) is 18.6 Å². The van der Waals surface area contributed by atoms with Crippen LogP contribution in [-0.4, -0.2) is 20.3 Å². The Bertz CT molecular complexity index is 702. The minimum absolute atomic E-state index is 0.0359. The lowest BCUT2D eigenvalue weighted by atomic mass is 9.92. The molecule has 0 radical (unpaired) electrons. The standard InChI is InChI=1S/C22H28F2O3.C3H8/c1-3-4-15-5-11-19(27-13-15)16-6-9-18(10-7-16)26-14-17-8-12-20(25-2)22(24)21(17)23;1-3-2/h6-7,9-10,15,19H,3-5,8,11-14H2,1-2H3;3H2,1-2H3. The Morgan fingerprint density at radius 1 is 1.00 bits per heavy atom. The van der Waals surface area contributed by atoms with Gasteiger partial charge in [0.2, 0.25) is 0 Å². The van der Waals surface area contributed by atoms with Gasteiger partial charge in [0.1, 0.15) is 18.1 Å². The maximum atomic E-state index is 14.0. The summed E-state index contributed by atoms with van der Waals surface area (Å²) in [5, 5.41) is 0. The highest BCUT2D eigenvalue weighted by Crippen LogP contribution is 2.34. The van der Waals surface area contributed by atoms with Crippen molar-refractivity contribution in [3.8, 4) is 5.75 Å². The Hall–Kier alpha value is -1.88. The Morgan fingerprint density at radius 3 is 2.27 bits per heavy atom. The van der Waals surface area contributed by atoms with Crippen LogP contribution in [0, 0.1) is 5.92 Å². The molecule has 168 valence electrons. The summed E-state index contributed by atoms with van der Waals surface area (Å²) in [5.41, 5.74) is 1.47. The zero-order chi connectivity index (χ0) is 21.9. The molecule has 0 N–H and O–H groups in total. The number of hydrogen-bond donors (Lipinski definition) is 0. The first-order chi connectivity index (χ1) is 14.5. The zero-order valence-electron chi connectivity index (χ0n) is 18.8. The van der Waals surface area contributed by atoms with Crippen LogP contribution in [0.15, 0.2) is 47.3 Å². The summed E-state index contributed by atoms with van der Waals surface area (Å²) in [6, 6.07) is 7.72. The van der Waals surface area contributed by atoms with E-state index in [4.69, 9.17) is 14.2 Å². The molecule has 1 aromatic carbocycles. The van der Waals surface area contributed by atoms with Crippen LogP contribution in [0.2, 0.25) is 0 Å². The van der Waals surface area contributed by atoms with Crippen LogP contribution in [0.4, 0.5) is 8.78 Å². The summed E-state index contributed by atoms with van der Waals surface area (Å²) >= 11 is 0. The van der Waals surface area contributed by atoms with Gasteiger partial charge in [0.15, 0.2) is 11.7 Å². The van der Waals surface area contributed by atoms with Crippen LogP contribution in [0.3, 0.4) is 0 Å². The van der Waals surface area contributed by atoms with Crippen molar-refractivity contribution in [1.82, 2.24) is 0 Å². The molecule has 1 fully saturated rings. The third-order valence-corrected chi connectivity index (χ3v) is 5.38. The monoisotopic (exact) mass is 422 g/mol. The number of halogens is 2. The lowest BCUT2D eigenvalue weighted by Crippen LogP contribution is -2.20. The fourth-order valence-corrected chi connectivity index (χ4v) is 3.74. The first kappa shape index (κ1) is 24.4. The number of rotatable bonds is 7. The van der Waals surface area contributed by atoms with E-state index in [0.29, 0.717) is 30.1 Å². The number of benzene rings is 1. The van der Waals surface area contributed by atoms with E-state index < -0.39 is 11.7 Å². The Balaban J connectivity index is 0.00000101. The second-order valence-electron chi connectivity index (χ2n) is 7.98. The van der Waals surface area contributed by atoms with Crippen molar-refractivity contribution in [2.75, 3.05) is 20.3 Å². The predicted octanol–water partition coefficient (Wildman–Crippen LogP) is 7.59. The summed E-state index contributed by atoms with van der Waals surface area (Å²) in [7, 11) is 1.35. The molecule has 1 heterocycles. The topological polar surface area (TPSA) is 27.7 Å². The molecule has 0 bridgehead atoms. The van der Waals surface area contributed by atoms with E-state index >= 15 is 0 Å². The van der Waals surface area contributed by atoms with Crippen LogP contribution in [0.1, 0.15) is 77.4 Å². The molecule has 0 spiro atoms. The van der Waals surface area contributed by atoms with Crippen molar-refractivity contribution in [2.45, 2.75) is 71.8 Å². The first-order valence-corrected chi connectivity index (χ1v) is 11.2. The second kappa shape index (κ2) is 12.7. The van der Waals surface area contributed by atoms with E-state index in [9.17, 15) is 8.78 Å². The average Bonchev–Trinajstić information content (AvgIpc) is 2.77. The molecule has 1 aliphatic carbocycles. The molecule has 30 heavy (non-hydrogen) atoms. The van der Waals surface area contributed by atoms with E-state index in [1.165, 1.54) is 32.8 Å². The number of allylic oxidation sites excluding steroid dienone is 3. The highest BCUT2D eigenvalue weighted by molar-refractivity contribution is 5.34. The van der Waals surface area contributed by atoms with Gasteiger partial charge in [-0.3, -0.25) is 0 Å². The molecule has 0 amide bonds. The Morgan fingerprint density at radius 2 is 1.70 bits per heavy atom. The lowest BCUT2D eigenvalue weighted by Gasteiger charge is -2.29. The molecule has 0 saturated carbocycles. The van der Waals surface area contributed by atoms with Crippen molar-refractivity contribution in [1.29, 1.82) is 0 Å². The minimum atomic E-state index is -0.909. The molecule has 2 aliphatic rings. The van der Waals surface area contributed by atoms with E-state index in [2.05, 4.69) is 20.8 Å². The molecular weight excluding hydrogens is 386 g/mol. The molecule has 2 atom stereocenters. The molecule has 1 aromatic rings. The Kier molecular flexibility index (Phi) is 10.4. The van der Waals surface area contributed by atoms with Gasteiger partial charge >= 0.3 is 0 Å². The zero-order valence-corrected chi connectivity index (χ0v) is 18.8. The van der Waals surface area contributed by atoms with Gasteiger partial charge in [0.25, 0.3) is 0 Å². The van der Waals surface area contributed by atoms with Crippen molar-refractivity contribution in [3.63, 3.8) is 0 Å². The summed E-state index contributed by atoms with van der Waals surface area (Å²) in [6.07, 6.45) is 6.81. The predicted molar refractivity (Wildman–Crippen MR) is 117 cm³/mol. The van der Waals surface area contributed by atoms with Crippen LogP contribution < -0.4 is 4.74 Å². The molecule has 2 unspecified atom stereocenters. The molecule has 1 aliphatic heterocycles. The third kappa shape index (κ3) is 6.83.